The molecule has 6 heteroatoms. The summed E-state index contributed by atoms with van der Waals surface area (Å²) in [6, 6.07) is 6.49. The van der Waals surface area contributed by atoms with Gasteiger partial charge in [0.1, 0.15) is 11.6 Å². The smallest absolute Gasteiger partial charge is 0.356 e. The molecule has 1 aliphatic rings. The second-order valence-corrected chi connectivity index (χ2v) is 4.89. The van der Waals surface area contributed by atoms with Gasteiger partial charge in [0.2, 0.25) is 0 Å². The van der Waals surface area contributed by atoms with E-state index in [1.807, 2.05) is 0 Å². The number of phenolic OH excluding ortho intramolecular Hbond substituents is 1. The highest BCUT2D eigenvalue weighted by Crippen LogP contribution is 2.29. The molecule has 1 aromatic carbocycles. The highest BCUT2D eigenvalue weighted by atomic mass is 16.4. The zero-order valence-corrected chi connectivity index (χ0v) is 10.7. The lowest BCUT2D eigenvalue weighted by molar-refractivity contribution is 0.0686. The summed E-state index contributed by atoms with van der Waals surface area (Å²) in [5.41, 5.74) is 1.28. The van der Waals surface area contributed by atoms with Gasteiger partial charge in [-0.15, -0.1) is 0 Å². The first kappa shape index (κ1) is 12.7. The highest BCUT2D eigenvalue weighted by molar-refractivity contribution is 5.88. The van der Waals surface area contributed by atoms with Crippen LogP contribution >= 0.6 is 0 Å². The fraction of sp³-hybridized carbons (Fsp3) is 0.286. The fourth-order valence-electron chi connectivity index (χ4n) is 2.58. The molecule has 20 heavy (non-hydrogen) atoms. The van der Waals surface area contributed by atoms with E-state index in [9.17, 15) is 20.1 Å². The summed E-state index contributed by atoms with van der Waals surface area (Å²) in [6.07, 6.45) is 0.509. The first-order valence-corrected chi connectivity index (χ1v) is 6.36. The van der Waals surface area contributed by atoms with Crippen LogP contribution in [-0.2, 0) is 13.0 Å². The Labute approximate surface area is 114 Å². The van der Waals surface area contributed by atoms with Crippen LogP contribution in [0.3, 0.4) is 0 Å². The van der Waals surface area contributed by atoms with E-state index in [-0.39, 0.29) is 11.4 Å². The second-order valence-electron chi connectivity index (χ2n) is 4.89. The number of aliphatic hydroxyl groups is 1. The summed E-state index contributed by atoms with van der Waals surface area (Å²) in [4.78, 5) is 15.5. The molecular formula is C14H14N2O4. The minimum atomic E-state index is -1.07. The molecule has 104 valence electrons. The van der Waals surface area contributed by atoms with Crippen molar-refractivity contribution in [2.45, 2.75) is 25.5 Å². The predicted molar refractivity (Wildman–Crippen MR) is 70.6 cm³/mol. The average molecular weight is 274 g/mol. The van der Waals surface area contributed by atoms with Crippen molar-refractivity contribution in [3.8, 4) is 17.1 Å². The average Bonchev–Trinajstić information content (AvgIpc) is 2.77. The van der Waals surface area contributed by atoms with Crippen LogP contribution in [0.1, 0.15) is 22.6 Å². The van der Waals surface area contributed by atoms with E-state index in [4.69, 9.17) is 0 Å². The number of aliphatic hydroxyl groups excluding tert-OH is 1. The topological polar surface area (TPSA) is 95.6 Å². The molecular weight excluding hydrogens is 260 g/mol. The van der Waals surface area contributed by atoms with Crippen molar-refractivity contribution in [1.29, 1.82) is 0 Å². The minimum absolute atomic E-state index is 0.0234. The highest BCUT2D eigenvalue weighted by Gasteiger charge is 2.27. The molecule has 1 aromatic heterocycles. The van der Waals surface area contributed by atoms with Gasteiger partial charge in [0.05, 0.1) is 18.3 Å². The number of hydrogen-bond acceptors (Lipinski definition) is 4. The molecule has 0 saturated carbocycles. The van der Waals surface area contributed by atoms with Crippen molar-refractivity contribution >= 4 is 5.97 Å². The number of aromatic hydroxyl groups is 1. The third-order valence-corrected chi connectivity index (χ3v) is 3.49. The molecule has 0 fully saturated rings. The maximum Gasteiger partial charge on any atom is 0.356 e. The third kappa shape index (κ3) is 2.04. The molecule has 0 bridgehead atoms. The molecule has 3 rings (SSSR count). The van der Waals surface area contributed by atoms with Crippen molar-refractivity contribution < 1.29 is 20.1 Å². The predicted octanol–water partition coefficient (Wildman–Crippen LogP) is 1.26. The normalized spacial score (nSPS) is 17.8. The summed E-state index contributed by atoms with van der Waals surface area (Å²) in [5, 5.41) is 28.6. The summed E-state index contributed by atoms with van der Waals surface area (Å²) in [6.45, 7) is 0.320. The van der Waals surface area contributed by atoms with Crippen LogP contribution in [-0.4, -0.2) is 36.9 Å². The molecule has 6 nitrogen and oxygen atoms in total. The zero-order chi connectivity index (χ0) is 14.3. The van der Waals surface area contributed by atoms with Gasteiger partial charge >= 0.3 is 5.97 Å². The van der Waals surface area contributed by atoms with E-state index in [2.05, 4.69) is 4.98 Å². The number of hydrogen-bond donors (Lipinski definition) is 3. The largest absolute Gasteiger partial charge is 0.508 e. The minimum Gasteiger partial charge on any atom is -0.508 e. The van der Waals surface area contributed by atoms with Crippen LogP contribution in [0.15, 0.2) is 24.3 Å². The van der Waals surface area contributed by atoms with Crippen molar-refractivity contribution in [2.24, 2.45) is 0 Å². The Morgan fingerprint density at radius 1 is 1.40 bits per heavy atom. The van der Waals surface area contributed by atoms with Gasteiger partial charge in [-0.25, -0.2) is 9.78 Å². The van der Waals surface area contributed by atoms with E-state index in [1.165, 1.54) is 12.1 Å². The first-order chi connectivity index (χ1) is 9.56. The SMILES string of the molecule is O=C(O)c1nc(-c2cccc(O)c2)n2c1CCC(O)C2. The number of imidazole rings is 1. The molecule has 2 aromatic rings. The summed E-state index contributed by atoms with van der Waals surface area (Å²) in [5.74, 6) is -0.517. The lowest BCUT2D eigenvalue weighted by Gasteiger charge is -2.21. The lowest BCUT2D eigenvalue weighted by Crippen LogP contribution is -2.25. The Morgan fingerprint density at radius 2 is 2.20 bits per heavy atom. The molecule has 0 saturated heterocycles. The summed E-state index contributed by atoms with van der Waals surface area (Å²) < 4.78 is 1.73. The second kappa shape index (κ2) is 4.64. The van der Waals surface area contributed by atoms with Gasteiger partial charge in [0, 0.05) is 5.56 Å². The van der Waals surface area contributed by atoms with Crippen LogP contribution < -0.4 is 0 Å². The number of aromatic nitrogens is 2. The molecule has 0 aliphatic carbocycles. The van der Waals surface area contributed by atoms with Gasteiger partial charge in [-0.3, -0.25) is 0 Å². The molecule has 2 heterocycles. The molecule has 0 spiro atoms. The van der Waals surface area contributed by atoms with Crippen molar-refractivity contribution in [2.75, 3.05) is 0 Å². The number of nitrogens with zero attached hydrogens (tertiary/aromatic N) is 2. The molecule has 3 N–H and O–H groups in total. The van der Waals surface area contributed by atoms with Crippen LogP contribution in [0.2, 0.25) is 0 Å². The van der Waals surface area contributed by atoms with Crippen LogP contribution in [0.4, 0.5) is 0 Å². The Balaban J connectivity index is 2.18. The zero-order valence-electron chi connectivity index (χ0n) is 10.7. The van der Waals surface area contributed by atoms with Crippen LogP contribution in [0.5, 0.6) is 5.75 Å². The van der Waals surface area contributed by atoms with Crippen molar-refractivity contribution in [1.82, 2.24) is 9.55 Å². The number of rotatable bonds is 2. The molecule has 1 unspecified atom stereocenters. The Hall–Kier alpha value is -2.34. The van der Waals surface area contributed by atoms with Crippen LogP contribution in [0.25, 0.3) is 11.4 Å². The summed E-state index contributed by atoms with van der Waals surface area (Å²) >= 11 is 0. The Kier molecular flexibility index (Phi) is 2.94. The van der Waals surface area contributed by atoms with Gasteiger partial charge in [0.25, 0.3) is 0 Å². The van der Waals surface area contributed by atoms with Crippen LogP contribution in [0, 0.1) is 0 Å². The molecule has 0 amide bonds. The van der Waals surface area contributed by atoms with Crippen molar-refractivity contribution in [3.63, 3.8) is 0 Å². The van der Waals surface area contributed by atoms with E-state index < -0.39 is 12.1 Å². The number of carbonyl (C=O) groups is 1. The standard InChI is InChI=1S/C14H14N2O4/c17-9-3-1-2-8(6-9)13-15-12(14(19)20)11-5-4-10(18)7-16(11)13/h1-3,6,10,17-18H,4-5,7H2,(H,19,20). The maximum atomic E-state index is 11.3. The van der Waals surface area contributed by atoms with E-state index >= 15 is 0 Å². The third-order valence-electron chi connectivity index (χ3n) is 3.49. The monoisotopic (exact) mass is 274 g/mol. The molecule has 1 aliphatic heterocycles. The van der Waals surface area contributed by atoms with E-state index in [0.717, 1.165) is 0 Å². The van der Waals surface area contributed by atoms with Gasteiger partial charge < -0.3 is 19.9 Å². The van der Waals surface area contributed by atoms with Crippen molar-refractivity contribution in [3.05, 3.63) is 35.7 Å². The van der Waals surface area contributed by atoms with Gasteiger partial charge in [-0.2, -0.15) is 0 Å². The van der Waals surface area contributed by atoms with Gasteiger partial charge in [-0.1, -0.05) is 12.1 Å². The number of fused-ring (bicyclic) bond motifs is 1. The summed E-state index contributed by atoms with van der Waals surface area (Å²) in [7, 11) is 0. The number of carboxylic acid groups (broad SMARTS) is 1. The maximum absolute atomic E-state index is 11.3. The quantitative estimate of drug-likeness (QED) is 0.766. The number of benzene rings is 1. The lowest BCUT2D eigenvalue weighted by atomic mass is 10.1. The number of carboxylic acids is 1. The fourth-order valence-corrected chi connectivity index (χ4v) is 2.58. The van der Waals surface area contributed by atoms with E-state index in [0.29, 0.717) is 36.5 Å². The number of aromatic carboxylic acids is 1. The Bertz CT molecular complexity index is 678. The van der Waals surface area contributed by atoms with Gasteiger partial charge in [-0.05, 0) is 25.0 Å². The Morgan fingerprint density at radius 3 is 2.90 bits per heavy atom. The van der Waals surface area contributed by atoms with E-state index in [1.54, 1.807) is 16.7 Å². The van der Waals surface area contributed by atoms with Gasteiger partial charge in [0.15, 0.2) is 5.69 Å². The number of phenols is 1. The first-order valence-electron chi connectivity index (χ1n) is 6.36. The molecule has 0 radical (unpaired) electrons. The molecule has 1 atom stereocenters.